The number of H-pyrrole nitrogens is 1. The maximum Gasteiger partial charge on any atom is 0.253 e. The Bertz CT molecular complexity index is 1620. The van der Waals surface area contributed by atoms with Gasteiger partial charge in [-0.1, -0.05) is 43.0 Å². The van der Waals surface area contributed by atoms with Gasteiger partial charge in [-0.15, -0.1) is 5.10 Å². The average molecular weight is 539 g/mol. The number of pyridine rings is 1. The molecule has 1 unspecified atom stereocenters. The summed E-state index contributed by atoms with van der Waals surface area (Å²) in [5.74, 6) is 2.26. The van der Waals surface area contributed by atoms with Gasteiger partial charge in [0.1, 0.15) is 17.6 Å². The first-order chi connectivity index (χ1) is 19.6. The number of hydrogen-bond acceptors (Lipinski definition) is 7. The highest BCUT2D eigenvalue weighted by molar-refractivity contribution is 5.79. The van der Waals surface area contributed by atoms with Crippen LogP contribution in [-0.4, -0.2) is 37.2 Å². The van der Waals surface area contributed by atoms with E-state index in [-0.39, 0.29) is 11.6 Å². The van der Waals surface area contributed by atoms with Crippen LogP contribution in [0.2, 0.25) is 0 Å². The highest BCUT2D eigenvalue weighted by Gasteiger charge is 2.33. The molecule has 1 fully saturated rings. The van der Waals surface area contributed by atoms with Crippen LogP contribution in [0.3, 0.4) is 0 Å². The predicted molar refractivity (Wildman–Crippen MR) is 152 cm³/mol. The molecule has 1 saturated carbocycles. The van der Waals surface area contributed by atoms with Crippen LogP contribution in [0.25, 0.3) is 10.9 Å². The van der Waals surface area contributed by atoms with Crippen molar-refractivity contribution < 1.29 is 9.15 Å². The lowest BCUT2D eigenvalue weighted by molar-refractivity contribution is 0.173. The lowest BCUT2D eigenvalue weighted by atomic mass is 9.95. The second-order valence-corrected chi connectivity index (χ2v) is 10.7. The van der Waals surface area contributed by atoms with Crippen LogP contribution in [-0.2, 0) is 13.1 Å². The number of tetrazole rings is 1. The highest BCUT2D eigenvalue weighted by Crippen LogP contribution is 2.34. The van der Waals surface area contributed by atoms with E-state index in [1.165, 1.54) is 6.42 Å². The number of nitrogens with one attached hydrogen (secondary N) is 1. The Morgan fingerprint density at radius 3 is 2.65 bits per heavy atom. The number of rotatable bonds is 9. The van der Waals surface area contributed by atoms with E-state index < -0.39 is 6.04 Å². The molecule has 2 aromatic carbocycles. The van der Waals surface area contributed by atoms with Gasteiger partial charge in [0.05, 0.1) is 26.0 Å². The quantitative estimate of drug-likeness (QED) is 0.256. The van der Waals surface area contributed by atoms with Gasteiger partial charge in [0.2, 0.25) is 0 Å². The van der Waals surface area contributed by atoms with Crippen LogP contribution in [0.5, 0.6) is 5.75 Å². The zero-order valence-corrected chi connectivity index (χ0v) is 22.9. The molecule has 5 aromatic rings. The number of fused-ring (bicyclic) bond motifs is 1. The summed E-state index contributed by atoms with van der Waals surface area (Å²) in [5.41, 5.74) is 3.45. The maximum absolute atomic E-state index is 13.8. The molecule has 1 N–H and O–H groups in total. The van der Waals surface area contributed by atoms with Crippen LogP contribution < -0.4 is 10.3 Å². The first-order valence-corrected chi connectivity index (χ1v) is 13.9. The third kappa shape index (κ3) is 5.42. The Labute approximate surface area is 232 Å². The van der Waals surface area contributed by atoms with E-state index in [0.717, 1.165) is 59.2 Å². The van der Waals surface area contributed by atoms with Crippen molar-refractivity contribution in [2.24, 2.45) is 0 Å². The van der Waals surface area contributed by atoms with Gasteiger partial charge in [0.25, 0.3) is 5.56 Å². The molecule has 3 aromatic heterocycles. The second kappa shape index (κ2) is 11.5. The molecule has 0 spiro atoms. The van der Waals surface area contributed by atoms with E-state index in [0.29, 0.717) is 24.5 Å². The standard InChI is InChI=1S/C31H34N6O3/c1-21-10-15-28-23(17-21)18-27(31(38)32-28)29(30-33-34-35-37(30)24-7-4-3-5-8-24)36(20-26-9-6-16-40-26)19-22-11-13-25(39-2)14-12-22/h6,9-18,24,29H,3-5,7-8,19-20H2,1-2H3,(H,32,38). The van der Waals surface area contributed by atoms with Crippen LogP contribution in [0.15, 0.2) is 76.1 Å². The largest absolute Gasteiger partial charge is 0.497 e. The van der Waals surface area contributed by atoms with Crippen molar-refractivity contribution in [3.05, 3.63) is 106 Å². The summed E-state index contributed by atoms with van der Waals surface area (Å²) >= 11 is 0. The molecule has 0 radical (unpaired) electrons. The van der Waals surface area contributed by atoms with E-state index in [1.54, 1.807) is 13.4 Å². The number of benzene rings is 2. The molecule has 0 bridgehead atoms. The minimum Gasteiger partial charge on any atom is -0.497 e. The van der Waals surface area contributed by atoms with Crippen molar-refractivity contribution in [2.75, 3.05) is 7.11 Å². The second-order valence-electron chi connectivity index (χ2n) is 10.7. The Balaban J connectivity index is 1.51. The molecule has 1 atom stereocenters. The van der Waals surface area contributed by atoms with Gasteiger partial charge >= 0.3 is 0 Å². The van der Waals surface area contributed by atoms with Gasteiger partial charge in [-0.05, 0) is 83.6 Å². The fraction of sp³-hybridized carbons (Fsp3) is 0.355. The molecule has 6 rings (SSSR count). The summed E-state index contributed by atoms with van der Waals surface area (Å²) in [7, 11) is 1.66. The maximum atomic E-state index is 13.8. The number of nitrogens with zero attached hydrogens (tertiary/aromatic N) is 5. The monoisotopic (exact) mass is 538 g/mol. The number of hydrogen-bond donors (Lipinski definition) is 1. The van der Waals surface area contributed by atoms with Crippen LogP contribution in [0, 0.1) is 6.92 Å². The molecular weight excluding hydrogens is 504 g/mol. The van der Waals surface area contributed by atoms with Crippen molar-refractivity contribution in [1.29, 1.82) is 0 Å². The summed E-state index contributed by atoms with van der Waals surface area (Å²) < 4.78 is 13.1. The summed E-state index contributed by atoms with van der Waals surface area (Å²) in [6, 6.07) is 19.6. The molecule has 1 aliphatic rings. The zero-order valence-electron chi connectivity index (χ0n) is 22.9. The molecule has 1 aliphatic carbocycles. The summed E-state index contributed by atoms with van der Waals surface area (Å²) in [6.45, 7) is 3.06. The number of aryl methyl sites for hydroxylation is 1. The first-order valence-electron chi connectivity index (χ1n) is 13.9. The molecule has 0 aliphatic heterocycles. The van der Waals surface area contributed by atoms with E-state index >= 15 is 0 Å². The fourth-order valence-corrected chi connectivity index (χ4v) is 5.82. The Morgan fingerprint density at radius 2 is 1.90 bits per heavy atom. The van der Waals surface area contributed by atoms with Gasteiger partial charge in [0, 0.05) is 17.6 Å². The molecule has 206 valence electrons. The van der Waals surface area contributed by atoms with E-state index in [9.17, 15) is 4.79 Å². The van der Waals surface area contributed by atoms with E-state index in [4.69, 9.17) is 9.15 Å². The normalized spacial score (nSPS) is 15.1. The molecule has 0 amide bonds. The van der Waals surface area contributed by atoms with Crippen molar-refractivity contribution in [2.45, 2.75) is 64.2 Å². The van der Waals surface area contributed by atoms with Crippen LogP contribution >= 0.6 is 0 Å². The lowest BCUT2D eigenvalue weighted by Gasteiger charge is -2.32. The van der Waals surface area contributed by atoms with Crippen molar-refractivity contribution in [1.82, 2.24) is 30.1 Å². The molecular formula is C31H34N6O3. The van der Waals surface area contributed by atoms with Gasteiger partial charge < -0.3 is 14.1 Å². The number of furan rings is 1. The molecule has 9 nitrogen and oxygen atoms in total. The number of ether oxygens (including phenoxy) is 1. The van der Waals surface area contributed by atoms with Gasteiger partial charge in [-0.25, -0.2) is 4.68 Å². The van der Waals surface area contributed by atoms with Crippen molar-refractivity contribution >= 4 is 10.9 Å². The van der Waals surface area contributed by atoms with Crippen molar-refractivity contribution in [3.8, 4) is 5.75 Å². The minimum atomic E-state index is -0.516. The average Bonchev–Trinajstić information content (AvgIpc) is 3.67. The Hall–Kier alpha value is -4.24. The number of aromatic amines is 1. The Morgan fingerprint density at radius 1 is 1.07 bits per heavy atom. The van der Waals surface area contributed by atoms with Gasteiger partial charge in [-0.2, -0.15) is 0 Å². The van der Waals surface area contributed by atoms with Crippen LogP contribution in [0.4, 0.5) is 0 Å². The molecule has 9 heteroatoms. The summed E-state index contributed by atoms with van der Waals surface area (Å²) in [5, 5.41) is 14.2. The van der Waals surface area contributed by atoms with E-state index in [2.05, 4.69) is 38.4 Å². The lowest BCUT2D eigenvalue weighted by Crippen LogP contribution is -2.35. The third-order valence-corrected chi connectivity index (χ3v) is 7.86. The van der Waals surface area contributed by atoms with Gasteiger partial charge in [-0.3, -0.25) is 9.69 Å². The van der Waals surface area contributed by atoms with Crippen molar-refractivity contribution in [3.63, 3.8) is 0 Å². The Kier molecular flexibility index (Phi) is 7.46. The fourth-order valence-electron chi connectivity index (χ4n) is 5.82. The molecule has 0 saturated heterocycles. The minimum absolute atomic E-state index is 0.154. The summed E-state index contributed by atoms with van der Waals surface area (Å²) in [4.78, 5) is 19.1. The first kappa shape index (κ1) is 26.0. The van der Waals surface area contributed by atoms with E-state index in [1.807, 2.05) is 59.3 Å². The number of aromatic nitrogens is 5. The predicted octanol–water partition coefficient (Wildman–Crippen LogP) is 5.72. The van der Waals surface area contributed by atoms with Gasteiger partial charge in [0.15, 0.2) is 5.82 Å². The topological polar surface area (TPSA) is 102 Å². The third-order valence-electron chi connectivity index (χ3n) is 7.86. The smallest absolute Gasteiger partial charge is 0.253 e. The highest BCUT2D eigenvalue weighted by atomic mass is 16.5. The molecule has 40 heavy (non-hydrogen) atoms. The molecule has 3 heterocycles. The zero-order chi connectivity index (χ0) is 27.5. The SMILES string of the molecule is COc1ccc(CN(Cc2ccco2)C(c2cc3cc(C)ccc3[nH]c2=O)c2nnnn2C2CCCCC2)cc1. The summed E-state index contributed by atoms with van der Waals surface area (Å²) in [6.07, 6.45) is 7.24. The number of methoxy groups -OCH3 is 1. The van der Waals surface area contributed by atoms with Crippen LogP contribution in [0.1, 0.15) is 72.5 Å².